The van der Waals surface area contributed by atoms with Crippen LogP contribution in [0.25, 0.3) is 5.69 Å². The van der Waals surface area contributed by atoms with Crippen molar-refractivity contribution < 1.29 is 14.7 Å². The normalized spacial score (nSPS) is 11.0. The van der Waals surface area contributed by atoms with Crippen LogP contribution in [0.4, 0.5) is 0 Å². The highest BCUT2D eigenvalue weighted by Crippen LogP contribution is 2.24. The summed E-state index contributed by atoms with van der Waals surface area (Å²) in [6, 6.07) is 13.8. The van der Waals surface area contributed by atoms with Crippen LogP contribution < -0.4 is 5.43 Å². The minimum Gasteiger partial charge on any atom is -0.478 e. The van der Waals surface area contributed by atoms with Crippen LogP contribution >= 0.6 is 11.6 Å². The molecule has 0 aliphatic rings. The van der Waals surface area contributed by atoms with Gasteiger partial charge in [-0.15, -0.1) is 0 Å². The van der Waals surface area contributed by atoms with E-state index in [9.17, 15) is 14.7 Å². The number of carbonyl (C=O) groups excluding carboxylic acids is 1. The van der Waals surface area contributed by atoms with Crippen molar-refractivity contribution >= 4 is 29.7 Å². The minimum absolute atomic E-state index is 0.261. The van der Waals surface area contributed by atoms with Gasteiger partial charge in [-0.05, 0) is 56.7 Å². The fourth-order valence-corrected chi connectivity index (χ4v) is 3.47. The maximum absolute atomic E-state index is 12.2. The molecule has 0 fully saturated rings. The summed E-state index contributed by atoms with van der Waals surface area (Å²) in [5.41, 5.74) is 7.16. The molecule has 7 heteroatoms. The van der Waals surface area contributed by atoms with E-state index in [1.54, 1.807) is 49.5 Å². The van der Waals surface area contributed by atoms with Crippen molar-refractivity contribution in [1.29, 1.82) is 0 Å². The molecule has 0 aliphatic carbocycles. The number of carbonyl (C=O) groups is 2. The monoisotopic (exact) mass is 409 g/mol. The molecule has 6 nitrogen and oxygen atoms in total. The lowest BCUT2D eigenvalue weighted by Crippen LogP contribution is -2.18. The molecule has 148 valence electrons. The first-order valence-electron chi connectivity index (χ1n) is 8.91. The number of aromatic carboxylic acids is 1. The lowest BCUT2D eigenvalue weighted by molar-refractivity contribution is 0.0695. The third-order valence-electron chi connectivity index (χ3n) is 4.74. The van der Waals surface area contributed by atoms with Gasteiger partial charge < -0.3 is 9.67 Å². The lowest BCUT2D eigenvalue weighted by atomic mass is 10.1. The molecular formula is C22H20ClN3O3. The van der Waals surface area contributed by atoms with E-state index in [-0.39, 0.29) is 5.56 Å². The van der Waals surface area contributed by atoms with Gasteiger partial charge in [0.25, 0.3) is 5.91 Å². The van der Waals surface area contributed by atoms with Gasteiger partial charge in [-0.25, -0.2) is 10.2 Å². The first-order chi connectivity index (χ1) is 13.8. The van der Waals surface area contributed by atoms with Crippen molar-refractivity contribution in [2.45, 2.75) is 20.8 Å². The van der Waals surface area contributed by atoms with Gasteiger partial charge in [-0.1, -0.05) is 29.8 Å². The molecule has 0 spiro atoms. The van der Waals surface area contributed by atoms with Crippen LogP contribution in [0, 0.1) is 20.8 Å². The number of aromatic nitrogens is 1. The van der Waals surface area contributed by atoms with E-state index in [4.69, 9.17) is 11.6 Å². The molecule has 1 aromatic heterocycles. The number of carboxylic acid groups (broad SMARTS) is 1. The number of hydrogen-bond donors (Lipinski definition) is 2. The topological polar surface area (TPSA) is 83.7 Å². The number of aryl methyl sites for hydroxylation is 1. The van der Waals surface area contributed by atoms with Gasteiger partial charge in [0.1, 0.15) is 0 Å². The van der Waals surface area contributed by atoms with Crippen LogP contribution in [0.15, 0.2) is 53.6 Å². The Morgan fingerprint density at radius 1 is 1.07 bits per heavy atom. The molecule has 0 atom stereocenters. The molecule has 0 saturated heterocycles. The summed E-state index contributed by atoms with van der Waals surface area (Å²) in [5, 5.41) is 13.8. The van der Waals surface area contributed by atoms with Crippen molar-refractivity contribution in [2.75, 3.05) is 0 Å². The Hall–Kier alpha value is -3.38. The average molecular weight is 410 g/mol. The fraction of sp³-hybridized carbons (Fsp3) is 0.136. The second kappa shape index (κ2) is 8.32. The summed E-state index contributed by atoms with van der Waals surface area (Å²) in [7, 11) is 0. The minimum atomic E-state index is -0.962. The highest BCUT2D eigenvalue weighted by atomic mass is 35.5. The zero-order valence-electron chi connectivity index (χ0n) is 16.2. The predicted molar refractivity (Wildman–Crippen MR) is 113 cm³/mol. The van der Waals surface area contributed by atoms with Gasteiger partial charge in [0.15, 0.2) is 0 Å². The second-order valence-electron chi connectivity index (χ2n) is 6.60. The average Bonchev–Trinajstić information content (AvgIpc) is 2.95. The number of benzene rings is 2. The molecule has 0 unspecified atom stereocenters. The van der Waals surface area contributed by atoms with E-state index < -0.39 is 11.9 Å². The summed E-state index contributed by atoms with van der Waals surface area (Å²) in [6.45, 7) is 5.63. The Bertz CT molecular complexity index is 1130. The van der Waals surface area contributed by atoms with E-state index in [2.05, 4.69) is 10.5 Å². The third-order valence-corrected chi connectivity index (χ3v) is 5.06. The first-order valence-corrected chi connectivity index (χ1v) is 9.29. The molecule has 0 radical (unpaired) electrons. The number of hydrogen-bond acceptors (Lipinski definition) is 3. The smallest absolute Gasteiger partial charge is 0.336 e. The van der Waals surface area contributed by atoms with Crippen molar-refractivity contribution in [2.24, 2.45) is 5.10 Å². The summed E-state index contributed by atoms with van der Waals surface area (Å²) >= 11 is 6.02. The van der Waals surface area contributed by atoms with E-state index >= 15 is 0 Å². The van der Waals surface area contributed by atoms with E-state index in [0.717, 1.165) is 22.6 Å². The third kappa shape index (κ3) is 4.07. The van der Waals surface area contributed by atoms with Crippen LogP contribution in [0.2, 0.25) is 5.02 Å². The number of carboxylic acids is 1. The summed E-state index contributed by atoms with van der Waals surface area (Å²) in [6.07, 6.45) is 1.56. The number of rotatable bonds is 5. The van der Waals surface area contributed by atoms with Crippen molar-refractivity contribution in [3.63, 3.8) is 0 Å². The Balaban J connectivity index is 1.88. The van der Waals surface area contributed by atoms with Gasteiger partial charge in [-0.3, -0.25) is 4.79 Å². The standard InChI is InChI=1S/C22H20ClN3O3/c1-13-11-16(12-24-25-21(27)18-7-4-5-9-19(18)23)15(3)26(13)20-10-6-8-17(14(20)2)22(28)29/h4-12H,1-3H3,(H,25,27)(H,28,29)/b24-12-. The SMILES string of the molecule is Cc1c(C(=O)O)cccc1-n1c(C)cc(/C=N\NC(=O)c2ccccc2Cl)c1C. The number of nitrogens with zero attached hydrogens (tertiary/aromatic N) is 2. The second-order valence-corrected chi connectivity index (χ2v) is 7.00. The number of amides is 1. The van der Waals surface area contributed by atoms with Gasteiger partial charge in [0, 0.05) is 22.6 Å². The zero-order valence-corrected chi connectivity index (χ0v) is 17.0. The van der Waals surface area contributed by atoms with E-state index in [1.807, 2.05) is 30.5 Å². The molecule has 0 saturated carbocycles. The van der Waals surface area contributed by atoms with Crippen LogP contribution in [-0.4, -0.2) is 27.8 Å². The molecule has 2 aromatic carbocycles. The quantitative estimate of drug-likeness (QED) is 0.480. The molecular weight excluding hydrogens is 390 g/mol. The Morgan fingerprint density at radius 3 is 2.45 bits per heavy atom. The van der Waals surface area contributed by atoms with Gasteiger partial charge in [0.2, 0.25) is 0 Å². The Labute approximate surface area is 173 Å². The van der Waals surface area contributed by atoms with Crippen molar-refractivity contribution in [3.05, 3.63) is 87.2 Å². The van der Waals surface area contributed by atoms with Crippen molar-refractivity contribution in [3.8, 4) is 5.69 Å². The number of nitrogens with one attached hydrogen (secondary N) is 1. The van der Waals surface area contributed by atoms with Crippen LogP contribution in [0.5, 0.6) is 0 Å². The molecule has 29 heavy (non-hydrogen) atoms. The van der Waals surface area contributed by atoms with E-state index in [0.29, 0.717) is 16.1 Å². The first kappa shape index (κ1) is 20.4. The van der Waals surface area contributed by atoms with Gasteiger partial charge >= 0.3 is 5.97 Å². The molecule has 3 aromatic rings. The summed E-state index contributed by atoms with van der Waals surface area (Å²) < 4.78 is 1.97. The lowest BCUT2D eigenvalue weighted by Gasteiger charge is -2.14. The molecule has 1 heterocycles. The van der Waals surface area contributed by atoms with Gasteiger partial charge in [-0.2, -0.15) is 5.10 Å². The predicted octanol–water partition coefficient (Wildman–Crippen LogP) is 4.52. The summed E-state index contributed by atoms with van der Waals surface area (Å²) in [4.78, 5) is 23.7. The number of halogens is 1. The maximum atomic E-state index is 12.2. The van der Waals surface area contributed by atoms with Crippen LogP contribution in [-0.2, 0) is 0 Å². The highest BCUT2D eigenvalue weighted by molar-refractivity contribution is 6.33. The zero-order chi connectivity index (χ0) is 21.1. The summed E-state index contributed by atoms with van der Waals surface area (Å²) in [5.74, 6) is -1.36. The van der Waals surface area contributed by atoms with Crippen molar-refractivity contribution in [1.82, 2.24) is 9.99 Å². The van der Waals surface area contributed by atoms with Crippen LogP contribution in [0.3, 0.4) is 0 Å². The molecule has 1 amide bonds. The molecule has 0 bridgehead atoms. The maximum Gasteiger partial charge on any atom is 0.336 e. The Morgan fingerprint density at radius 2 is 1.76 bits per heavy atom. The van der Waals surface area contributed by atoms with Crippen LogP contribution in [0.1, 0.15) is 43.2 Å². The fourth-order valence-electron chi connectivity index (χ4n) is 3.25. The number of hydrazone groups is 1. The van der Waals surface area contributed by atoms with E-state index in [1.165, 1.54) is 0 Å². The highest BCUT2D eigenvalue weighted by Gasteiger charge is 2.15. The molecule has 3 rings (SSSR count). The largest absolute Gasteiger partial charge is 0.478 e. The molecule has 0 aliphatic heterocycles. The molecule has 2 N–H and O–H groups in total. The van der Waals surface area contributed by atoms with Gasteiger partial charge in [0.05, 0.1) is 22.4 Å². The Kier molecular flexibility index (Phi) is 5.84.